The summed E-state index contributed by atoms with van der Waals surface area (Å²) in [5.41, 5.74) is 8.51. The molecule has 0 saturated carbocycles. The summed E-state index contributed by atoms with van der Waals surface area (Å²) < 4.78 is 55.2. The molecule has 0 fully saturated rings. The maximum absolute atomic E-state index is 13.8. The second-order valence-electron chi connectivity index (χ2n) is 10.0. The van der Waals surface area contributed by atoms with Crippen molar-refractivity contribution in [2.75, 3.05) is 0 Å². The highest BCUT2D eigenvalue weighted by atomic mass is 19.1. The Hall–Kier alpha value is -5.16. The number of fused-ring (bicyclic) bond motifs is 3. The Bertz CT molecular complexity index is 1890. The monoisotopic (exact) mass is 543 g/mol. The molecular weight excluding hydrogens is 522 g/mol. The number of hydrogen-bond acceptors (Lipinski definition) is 0. The minimum Gasteiger partial charge on any atom is -0.354 e. The van der Waals surface area contributed by atoms with Crippen LogP contribution in [0.25, 0.3) is 66.3 Å². The largest absolute Gasteiger partial charge is 0.354 e. The van der Waals surface area contributed by atoms with Crippen LogP contribution in [0, 0.1) is 23.3 Å². The van der Waals surface area contributed by atoms with Crippen molar-refractivity contribution in [3.05, 3.63) is 145 Å². The predicted molar refractivity (Wildman–Crippen MR) is 157 cm³/mol. The summed E-state index contributed by atoms with van der Waals surface area (Å²) in [6, 6.07) is 33.4. The van der Waals surface area contributed by atoms with Gasteiger partial charge in [-0.3, -0.25) is 0 Å². The lowest BCUT2D eigenvalue weighted by molar-refractivity contribution is 0.627. The number of benzene rings is 6. The van der Waals surface area contributed by atoms with E-state index in [0.717, 1.165) is 66.3 Å². The number of hydrogen-bond donors (Lipinski definition) is 1. The van der Waals surface area contributed by atoms with Crippen molar-refractivity contribution in [1.29, 1.82) is 0 Å². The van der Waals surface area contributed by atoms with Gasteiger partial charge >= 0.3 is 0 Å². The fourth-order valence-corrected chi connectivity index (χ4v) is 5.47. The average molecular weight is 544 g/mol. The Morgan fingerprint density at radius 2 is 0.561 bits per heavy atom. The molecule has 7 rings (SSSR count). The third-order valence-corrected chi connectivity index (χ3v) is 7.50. The van der Waals surface area contributed by atoms with E-state index in [4.69, 9.17) is 0 Å². The second kappa shape index (κ2) is 9.79. The Morgan fingerprint density at radius 1 is 0.317 bits per heavy atom. The molecule has 0 aliphatic heterocycles. The van der Waals surface area contributed by atoms with Crippen molar-refractivity contribution in [3.8, 4) is 44.5 Å². The fourth-order valence-electron chi connectivity index (χ4n) is 5.47. The van der Waals surface area contributed by atoms with Crippen molar-refractivity contribution in [2.24, 2.45) is 0 Å². The molecule has 5 heteroatoms. The smallest absolute Gasteiger partial charge is 0.123 e. The van der Waals surface area contributed by atoms with Gasteiger partial charge in [0.2, 0.25) is 0 Å². The van der Waals surface area contributed by atoms with Gasteiger partial charge in [0, 0.05) is 21.8 Å². The van der Waals surface area contributed by atoms with E-state index in [2.05, 4.69) is 17.1 Å². The maximum Gasteiger partial charge on any atom is 0.123 e. The van der Waals surface area contributed by atoms with Gasteiger partial charge in [-0.15, -0.1) is 0 Å². The molecule has 6 aromatic carbocycles. The minimum atomic E-state index is -0.331. The van der Waals surface area contributed by atoms with E-state index in [9.17, 15) is 17.6 Å². The Kier molecular flexibility index (Phi) is 5.93. The van der Waals surface area contributed by atoms with E-state index >= 15 is 0 Å². The number of nitrogens with one attached hydrogen (secondary N) is 1. The van der Waals surface area contributed by atoms with E-state index in [1.807, 2.05) is 12.1 Å². The number of H-pyrrole nitrogens is 1. The van der Waals surface area contributed by atoms with E-state index in [1.54, 1.807) is 48.5 Å². The molecule has 0 atom stereocenters. The molecular formula is C36H21F4N. The highest BCUT2D eigenvalue weighted by molar-refractivity contribution is 6.13. The molecule has 0 bridgehead atoms. The van der Waals surface area contributed by atoms with Crippen molar-refractivity contribution in [2.45, 2.75) is 0 Å². The fraction of sp³-hybridized carbons (Fsp3) is 0. The minimum absolute atomic E-state index is 0.328. The standard InChI is InChI=1S/C36H21F4N/c37-25-9-1-21(2-10-25)29-17-33-34-18-30(22-3-11-26(38)12-4-22)32(24-7-15-28(40)16-8-24)20-36(34)41-35(33)19-31(29)23-5-13-27(39)14-6-23/h1-20,41H. The van der Waals surface area contributed by atoms with Gasteiger partial charge in [0.05, 0.1) is 0 Å². The van der Waals surface area contributed by atoms with Gasteiger partial charge in [0.15, 0.2) is 0 Å². The molecule has 0 amide bonds. The maximum atomic E-state index is 13.8. The lowest BCUT2D eigenvalue weighted by atomic mass is 9.90. The first kappa shape index (κ1) is 24.9. The molecule has 1 N–H and O–H groups in total. The van der Waals surface area contributed by atoms with Crippen LogP contribution in [-0.2, 0) is 0 Å². The lowest BCUT2D eigenvalue weighted by Gasteiger charge is -2.13. The summed E-state index contributed by atoms with van der Waals surface area (Å²) in [4.78, 5) is 3.53. The number of aromatic nitrogens is 1. The van der Waals surface area contributed by atoms with Gasteiger partial charge < -0.3 is 4.98 Å². The summed E-state index contributed by atoms with van der Waals surface area (Å²) >= 11 is 0. The molecule has 0 unspecified atom stereocenters. The topological polar surface area (TPSA) is 15.8 Å². The lowest BCUT2D eigenvalue weighted by Crippen LogP contribution is -1.88. The third kappa shape index (κ3) is 4.55. The highest BCUT2D eigenvalue weighted by Gasteiger charge is 2.17. The van der Waals surface area contributed by atoms with Crippen molar-refractivity contribution in [1.82, 2.24) is 4.98 Å². The van der Waals surface area contributed by atoms with Gasteiger partial charge in [0.25, 0.3) is 0 Å². The van der Waals surface area contributed by atoms with E-state index in [-0.39, 0.29) is 23.3 Å². The Labute approximate surface area is 233 Å². The summed E-state index contributed by atoms with van der Waals surface area (Å²) in [6.07, 6.45) is 0. The van der Waals surface area contributed by atoms with Crippen LogP contribution in [-0.4, -0.2) is 4.98 Å². The predicted octanol–water partition coefficient (Wildman–Crippen LogP) is 10.5. The molecule has 0 radical (unpaired) electrons. The molecule has 0 aliphatic rings. The van der Waals surface area contributed by atoms with Crippen LogP contribution >= 0.6 is 0 Å². The van der Waals surface area contributed by atoms with E-state index < -0.39 is 0 Å². The summed E-state index contributed by atoms with van der Waals surface area (Å²) in [5, 5.41) is 1.89. The van der Waals surface area contributed by atoms with Crippen molar-refractivity contribution >= 4 is 21.8 Å². The average Bonchev–Trinajstić information content (AvgIpc) is 3.34. The van der Waals surface area contributed by atoms with Crippen LogP contribution in [0.5, 0.6) is 0 Å². The van der Waals surface area contributed by atoms with Crippen LogP contribution in [0.3, 0.4) is 0 Å². The molecule has 0 saturated heterocycles. The molecule has 0 spiro atoms. The zero-order valence-electron chi connectivity index (χ0n) is 21.6. The zero-order valence-corrected chi connectivity index (χ0v) is 21.6. The summed E-state index contributed by atoms with van der Waals surface area (Å²) in [7, 11) is 0. The summed E-state index contributed by atoms with van der Waals surface area (Å²) in [5.74, 6) is -1.32. The molecule has 1 nitrogen and oxygen atoms in total. The van der Waals surface area contributed by atoms with Crippen molar-refractivity contribution in [3.63, 3.8) is 0 Å². The van der Waals surface area contributed by atoms with Crippen LogP contribution in [0.15, 0.2) is 121 Å². The molecule has 198 valence electrons. The quantitative estimate of drug-likeness (QED) is 0.213. The first-order chi connectivity index (χ1) is 19.9. The van der Waals surface area contributed by atoms with Gasteiger partial charge in [-0.05, 0) is 117 Å². The third-order valence-electron chi connectivity index (χ3n) is 7.50. The molecule has 0 aliphatic carbocycles. The SMILES string of the molecule is Fc1ccc(-c2cc3[nH]c4cc(-c5ccc(F)cc5)c(-c5ccc(F)cc5)cc4c3cc2-c2ccc(F)cc2)cc1. The zero-order chi connectivity index (χ0) is 28.1. The summed E-state index contributed by atoms with van der Waals surface area (Å²) in [6.45, 7) is 0. The molecule has 41 heavy (non-hydrogen) atoms. The van der Waals surface area contributed by atoms with Gasteiger partial charge in [-0.25, -0.2) is 17.6 Å². The Morgan fingerprint density at radius 3 is 0.829 bits per heavy atom. The second-order valence-corrected chi connectivity index (χ2v) is 10.0. The molecule has 7 aromatic rings. The van der Waals surface area contributed by atoms with Crippen LogP contribution in [0.1, 0.15) is 0 Å². The van der Waals surface area contributed by atoms with Gasteiger partial charge in [0.1, 0.15) is 23.3 Å². The van der Waals surface area contributed by atoms with Gasteiger partial charge in [-0.1, -0.05) is 48.5 Å². The number of rotatable bonds is 4. The van der Waals surface area contributed by atoms with Crippen molar-refractivity contribution < 1.29 is 17.6 Å². The highest BCUT2D eigenvalue weighted by Crippen LogP contribution is 2.42. The van der Waals surface area contributed by atoms with Crippen LogP contribution in [0.2, 0.25) is 0 Å². The van der Waals surface area contributed by atoms with Crippen LogP contribution in [0.4, 0.5) is 17.6 Å². The van der Waals surface area contributed by atoms with E-state index in [0.29, 0.717) is 0 Å². The van der Waals surface area contributed by atoms with Gasteiger partial charge in [-0.2, -0.15) is 0 Å². The first-order valence-electron chi connectivity index (χ1n) is 13.1. The molecule has 1 heterocycles. The number of halogens is 4. The van der Waals surface area contributed by atoms with Crippen LogP contribution < -0.4 is 0 Å². The first-order valence-corrected chi connectivity index (χ1v) is 13.1. The molecule has 1 aromatic heterocycles. The number of aromatic amines is 1. The van der Waals surface area contributed by atoms with E-state index in [1.165, 1.54) is 48.5 Å². The normalized spacial score (nSPS) is 11.4. The Balaban J connectivity index is 1.52.